The second kappa shape index (κ2) is 4.79. The van der Waals surface area contributed by atoms with Gasteiger partial charge in [0.15, 0.2) is 0 Å². The van der Waals surface area contributed by atoms with Crippen LogP contribution < -0.4 is 5.32 Å². The first-order valence-corrected chi connectivity index (χ1v) is 5.00. The fourth-order valence-corrected chi connectivity index (χ4v) is 1.52. The molecule has 16 heavy (non-hydrogen) atoms. The Kier molecular flexibility index (Phi) is 3.66. The number of carboxylic acids is 1. The van der Waals surface area contributed by atoms with E-state index < -0.39 is 11.4 Å². The predicted molar refractivity (Wildman–Crippen MR) is 60.1 cm³/mol. The van der Waals surface area contributed by atoms with Gasteiger partial charge in [-0.2, -0.15) is 0 Å². The maximum Gasteiger partial charge on any atom is 0.314 e. The maximum absolute atomic E-state index is 11.3. The molecule has 86 valence electrons. The number of carbonyl (C=O) groups is 2. The molecule has 2 N–H and O–H groups in total. The van der Waals surface area contributed by atoms with E-state index in [0.29, 0.717) is 5.56 Å². The van der Waals surface area contributed by atoms with E-state index in [9.17, 15) is 14.7 Å². The summed E-state index contributed by atoms with van der Waals surface area (Å²) in [5.41, 5.74) is -0.549. The maximum atomic E-state index is 11.3. The lowest BCUT2D eigenvalue weighted by atomic mass is 9.79. The molecule has 1 aromatic carbocycles. The van der Waals surface area contributed by atoms with Gasteiger partial charge in [0.25, 0.3) is 0 Å². The molecule has 1 aromatic rings. The number of aliphatic carboxylic acids is 1. The van der Waals surface area contributed by atoms with Crippen molar-refractivity contribution in [1.29, 1.82) is 0 Å². The molecular weight excluding hydrogens is 206 g/mol. The number of amides is 1. The molecule has 0 aromatic heterocycles. The highest BCUT2D eigenvalue weighted by Crippen LogP contribution is 2.27. The predicted octanol–water partition coefficient (Wildman–Crippen LogP) is 1.16. The summed E-state index contributed by atoms with van der Waals surface area (Å²) in [7, 11) is 1.50. The average molecular weight is 221 g/mol. The molecule has 1 amide bonds. The number of benzene rings is 1. The Balaban J connectivity index is 3.07. The molecule has 0 spiro atoms. The Bertz CT molecular complexity index is 389. The van der Waals surface area contributed by atoms with Gasteiger partial charge in [-0.05, 0) is 12.5 Å². The van der Waals surface area contributed by atoms with E-state index in [1.54, 1.807) is 31.2 Å². The van der Waals surface area contributed by atoms with E-state index in [4.69, 9.17) is 0 Å². The Hall–Kier alpha value is -1.84. The molecule has 4 nitrogen and oxygen atoms in total. The van der Waals surface area contributed by atoms with Gasteiger partial charge in [-0.1, -0.05) is 30.3 Å². The van der Waals surface area contributed by atoms with E-state index in [0.717, 1.165) is 0 Å². The first kappa shape index (κ1) is 12.2. The van der Waals surface area contributed by atoms with Crippen molar-refractivity contribution in [1.82, 2.24) is 5.32 Å². The molecule has 0 heterocycles. The van der Waals surface area contributed by atoms with Gasteiger partial charge in [-0.3, -0.25) is 9.59 Å². The van der Waals surface area contributed by atoms with E-state index >= 15 is 0 Å². The lowest BCUT2D eigenvalue weighted by Gasteiger charge is -2.24. The van der Waals surface area contributed by atoms with Crippen molar-refractivity contribution in [3.63, 3.8) is 0 Å². The molecule has 0 aliphatic heterocycles. The number of hydrogen-bond donors (Lipinski definition) is 2. The number of nitrogens with one attached hydrogen (secondary N) is 1. The van der Waals surface area contributed by atoms with Gasteiger partial charge < -0.3 is 10.4 Å². The van der Waals surface area contributed by atoms with E-state index in [2.05, 4.69) is 5.32 Å². The third kappa shape index (κ3) is 2.39. The summed E-state index contributed by atoms with van der Waals surface area (Å²) < 4.78 is 0. The van der Waals surface area contributed by atoms with Crippen molar-refractivity contribution < 1.29 is 14.7 Å². The second-order valence-electron chi connectivity index (χ2n) is 3.85. The molecule has 1 rings (SSSR count). The highest BCUT2D eigenvalue weighted by molar-refractivity contribution is 5.88. The summed E-state index contributed by atoms with van der Waals surface area (Å²) in [4.78, 5) is 22.6. The first-order chi connectivity index (χ1) is 7.50. The second-order valence-corrected chi connectivity index (χ2v) is 3.85. The van der Waals surface area contributed by atoms with Crippen LogP contribution in [0.25, 0.3) is 0 Å². The Morgan fingerprint density at radius 2 is 1.88 bits per heavy atom. The monoisotopic (exact) mass is 221 g/mol. The van der Waals surface area contributed by atoms with Gasteiger partial charge in [0.05, 0.1) is 5.41 Å². The van der Waals surface area contributed by atoms with Crippen LogP contribution >= 0.6 is 0 Å². The zero-order valence-corrected chi connectivity index (χ0v) is 9.36. The van der Waals surface area contributed by atoms with Crippen LogP contribution in [0.4, 0.5) is 0 Å². The van der Waals surface area contributed by atoms with Crippen LogP contribution in [0.15, 0.2) is 30.3 Å². The zero-order chi connectivity index (χ0) is 12.2. The molecule has 4 heteroatoms. The molecule has 1 atom stereocenters. The van der Waals surface area contributed by atoms with Crippen LogP contribution in [0.3, 0.4) is 0 Å². The number of carboxylic acid groups (broad SMARTS) is 1. The third-order valence-electron chi connectivity index (χ3n) is 2.68. The summed E-state index contributed by atoms with van der Waals surface area (Å²) in [5, 5.41) is 11.7. The molecule has 0 aliphatic carbocycles. The fourth-order valence-electron chi connectivity index (χ4n) is 1.52. The van der Waals surface area contributed by atoms with Gasteiger partial charge in [-0.25, -0.2) is 0 Å². The summed E-state index contributed by atoms with van der Waals surface area (Å²) in [5.74, 6) is -1.28. The number of hydrogen-bond acceptors (Lipinski definition) is 2. The van der Waals surface area contributed by atoms with E-state index in [-0.39, 0.29) is 12.3 Å². The Morgan fingerprint density at radius 3 is 2.31 bits per heavy atom. The van der Waals surface area contributed by atoms with Gasteiger partial charge in [0.2, 0.25) is 5.91 Å². The minimum absolute atomic E-state index is 0.0666. The zero-order valence-electron chi connectivity index (χ0n) is 9.36. The molecule has 0 saturated carbocycles. The molecule has 0 saturated heterocycles. The highest BCUT2D eigenvalue weighted by Gasteiger charge is 2.37. The molecule has 0 fully saturated rings. The van der Waals surface area contributed by atoms with Crippen molar-refractivity contribution >= 4 is 11.9 Å². The van der Waals surface area contributed by atoms with Crippen LogP contribution in [0.2, 0.25) is 0 Å². The normalized spacial score (nSPS) is 13.9. The average Bonchev–Trinajstić information content (AvgIpc) is 2.29. The van der Waals surface area contributed by atoms with E-state index in [1.807, 2.05) is 6.07 Å². The number of rotatable bonds is 4. The van der Waals surface area contributed by atoms with Crippen molar-refractivity contribution in [2.45, 2.75) is 18.8 Å². The SMILES string of the molecule is CNC(=O)CC(C)(C(=O)O)c1ccccc1. The minimum atomic E-state index is -1.18. The van der Waals surface area contributed by atoms with Crippen LogP contribution in [-0.4, -0.2) is 24.0 Å². The van der Waals surface area contributed by atoms with E-state index in [1.165, 1.54) is 7.05 Å². The van der Waals surface area contributed by atoms with Crippen molar-refractivity contribution in [3.8, 4) is 0 Å². The van der Waals surface area contributed by atoms with Crippen LogP contribution in [0, 0.1) is 0 Å². The first-order valence-electron chi connectivity index (χ1n) is 5.00. The van der Waals surface area contributed by atoms with Gasteiger partial charge >= 0.3 is 5.97 Å². The highest BCUT2D eigenvalue weighted by atomic mass is 16.4. The Morgan fingerprint density at radius 1 is 1.31 bits per heavy atom. The molecular formula is C12H15NO3. The van der Waals surface area contributed by atoms with Crippen molar-refractivity contribution in [2.75, 3.05) is 7.05 Å². The van der Waals surface area contributed by atoms with Crippen LogP contribution in [0.1, 0.15) is 18.9 Å². The lowest BCUT2D eigenvalue weighted by molar-refractivity contribution is -0.145. The van der Waals surface area contributed by atoms with Crippen LogP contribution in [0.5, 0.6) is 0 Å². The standard InChI is InChI=1S/C12H15NO3/c1-12(11(15)16,8-10(14)13-2)9-6-4-3-5-7-9/h3-7H,8H2,1-2H3,(H,13,14)(H,15,16). The summed E-state index contributed by atoms with van der Waals surface area (Å²) in [6.45, 7) is 1.56. The topological polar surface area (TPSA) is 66.4 Å². The smallest absolute Gasteiger partial charge is 0.314 e. The van der Waals surface area contributed by atoms with Gasteiger partial charge in [0.1, 0.15) is 0 Å². The van der Waals surface area contributed by atoms with Crippen molar-refractivity contribution in [3.05, 3.63) is 35.9 Å². The van der Waals surface area contributed by atoms with Crippen molar-refractivity contribution in [2.24, 2.45) is 0 Å². The molecule has 1 unspecified atom stereocenters. The summed E-state index contributed by atoms with van der Waals surface area (Å²) in [6, 6.07) is 8.78. The van der Waals surface area contributed by atoms with Crippen LogP contribution in [-0.2, 0) is 15.0 Å². The van der Waals surface area contributed by atoms with Gasteiger partial charge in [0, 0.05) is 13.5 Å². The largest absolute Gasteiger partial charge is 0.481 e. The minimum Gasteiger partial charge on any atom is -0.481 e. The summed E-state index contributed by atoms with van der Waals surface area (Å²) >= 11 is 0. The molecule has 0 radical (unpaired) electrons. The molecule has 0 aliphatic rings. The Labute approximate surface area is 94.3 Å². The quantitative estimate of drug-likeness (QED) is 0.802. The van der Waals surface area contributed by atoms with Gasteiger partial charge in [-0.15, -0.1) is 0 Å². The third-order valence-corrected chi connectivity index (χ3v) is 2.68. The number of carbonyl (C=O) groups excluding carboxylic acids is 1. The fraction of sp³-hybridized carbons (Fsp3) is 0.333. The summed E-state index contributed by atoms with van der Waals surface area (Å²) in [6.07, 6.45) is -0.0666. The lowest BCUT2D eigenvalue weighted by Crippen LogP contribution is -2.37. The molecule has 0 bridgehead atoms.